The van der Waals surface area contributed by atoms with E-state index in [2.05, 4.69) is 17.6 Å². The Morgan fingerprint density at radius 3 is 2.73 bits per heavy atom. The van der Waals surface area contributed by atoms with Gasteiger partial charge in [0, 0.05) is 28.8 Å². The zero-order chi connectivity index (χ0) is 8.43. The number of hydrogen-bond acceptors (Lipinski definition) is 2. The number of nitrogens with one attached hydrogen (secondary N) is 1. The van der Waals surface area contributed by atoms with Crippen LogP contribution >= 0.6 is 12.6 Å². The summed E-state index contributed by atoms with van der Waals surface area (Å²) in [5, 5.41) is 0. The maximum Gasteiger partial charge on any atom is 0.187 e. The molecule has 1 heterocycles. The molecule has 0 bridgehead atoms. The second-order valence-corrected chi connectivity index (χ2v) is 2.88. The molecule has 0 fully saturated rings. The van der Waals surface area contributed by atoms with E-state index in [4.69, 9.17) is 0 Å². The highest BCUT2D eigenvalue weighted by Crippen LogP contribution is 2.02. The molecule has 0 aliphatic rings. The van der Waals surface area contributed by atoms with Crippen molar-refractivity contribution in [1.82, 2.24) is 4.98 Å². The van der Waals surface area contributed by atoms with E-state index in [9.17, 15) is 4.79 Å². The molecule has 0 aromatic carbocycles. The summed E-state index contributed by atoms with van der Waals surface area (Å²) in [7, 11) is 0. The van der Waals surface area contributed by atoms with Gasteiger partial charge in [-0.2, -0.15) is 12.6 Å². The monoisotopic (exact) mass is 169 g/mol. The molecule has 1 N–H and O–H groups in total. The van der Waals surface area contributed by atoms with E-state index in [1.54, 1.807) is 13.1 Å². The Bertz CT molecular complexity index is 316. The lowest BCUT2D eigenvalue weighted by atomic mass is 10.2. The molecule has 0 aliphatic heterocycles. The van der Waals surface area contributed by atoms with E-state index in [1.807, 2.05) is 6.92 Å². The number of pyridine rings is 1. The molecular formula is C8H11NOS. The third-order valence-electron chi connectivity index (χ3n) is 1.77. The lowest BCUT2D eigenvalue weighted by Crippen LogP contribution is -2.12. The Hall–Kier alpha value is -0.700. The van der Waals surface area contributed by atoms with Crippen molar-refractivity contribution < 1.29 is 0 Å². The fraction of sp³-hybridized carbons (Fsp3) is 0.375. The van der Waals surface area contributed by atoms with Crippen LogP contribution in [0.2, 0.25) is 0 Å². The van der Waals surface area contributed by atoms with E-state index in [0.717, 1.165) is 16.8 Å². The third kappa shape index (κ3) is 1.48. The molecule has 60 valence electrons. The SMILES string of the molecule is Cc1c[nH]c(CS)c(C)c1=O. The van der Waals surface area contributed by atoms with Gasteiger partial charge in [-0.3, -0.25) is 4.79 Å². The summed E-state index contributed by atoms with van der Waals surface area (Å²) in [4.78, 5) is 14.3. The van der Waals surface area contributed by atoms with Crippen molar-refractivity contribution in [2.45, 2.75) is 19.6 Å². The first-order chi connectivity index (χ1) is 5.16. The van der Waals surface area contributed by atoms with Crippen LogP contribution in [0.1, 0.15) is 16.8 Å². The minimum absolute atomic E-state index is 0.118. The zero-order valence-electron chi connectivity index (χ0n) is 6.64. The van der Waals surface area contributed by atoms with Crippen LogP contribution in [0.15, 0.2) is 11.0 Å². The van der Waals surface area contributed by atoms with Crippen molar-refractivity contribution >= 4 is 12.6 Å². The minimum Gasteiger partial charge on any atom is -0.364 e. The summed E-state index contributed by atoms with van der Waals surface area (Å²) in [5.41, 5.74) is 2.56. The van der Waals surface area contributed by atoms with E-state index in [1.165, 1.54) is 0 Å². The lowest BCUT2D eigenvalue weighted by molar-refractivity contribution is 1.08. The van der Waals surface area contributed by atoms with Crippen LogP contribution in [0.3, 0.4) is 0 Å². The van der Waals surface area contributed by atoms with Gasteiger partial charge in [-0.1, -0.05) is 0 Å². The quantitative estimate of drug-likeness (QED) is 0.612. The number of H-pyrrole nitrogens is 1. The number of aromatic nitrogens is 1. The fourth-order valence-corrected chi connectivity index (χ4v) is 1.29. The average Bonchev–Trinajstić information content (AvgIpc) is 2.01. The first-order valence-corrected chi connectivity index (χ1v) is 4.08. The first kappa shape index (κ1) is 8.40. The standard InChI is InChI=1S/C8H11NOS/c1-5-3-9-7(4-11)6(2)8(5)10/h3,11H,4H2,1-2H3,(H,9,10). The second kappa shape index (κ2) is 3.13. The Balaban J connectivity index is 3.37. The Morgan fingerprint density at radius 1 is 1.55 bits per heavy atom. The van der Waals surface area contributed by atoms with E-state index < -0.39 is 0 Å². The topological polar surface area (TPSA) is 32.9 Å². The van der Waals surface area contributed by atoms with Crippen LogP contribution in [0, 0.1) is 13.8 Å². The molecule has 3 heteroatoms. The molecule has 0 amide bonds. The molecule has 11 heavy (non-hydrogen) atoms. The summed E-state index contributed by atoms with van der Waals surface area (Å²) in [6, 6.07) is 0. The molecule has 1 aromatic heterocycles. The van der Waals surface area contributed by atoms with Crippen LogP contribution in [-0.2, 0) is 5.75 Å². The van der Waals surface area contributed by atoms with Crippen LogP contribution in [-0.4, -0.2) is 4.98 Å². The number of aryl methyl sites for hydroxylation is 1. The number of rotatable bonds is 1. The van der Waals surface area contributed by atoms with E-state index >= 15 is 0 Å². The van der Waals surface area contributed by atoms with Crippen LogP contribution in [0.25, 0.3) is 0 Å². The smallest absolute Gasteiger partial charge is 0.187 e. The highest BCUT2D eigenvalue weighted by molar-refractivity contribution is 7.79. The van der Waals surface area contributed by atoms with Crippen molar-refractivity contribution in [2.24, 2.45) is 0 Å². The molecule has 0 radical (unpaired) electrons. The highest BCUT2D eigenvalue weighted by atomic mass is 32.1. The summed E-state index contributed by atoms with van der Waals surface area (Å²) in [5.74, 6) is 0.585. The first-order valence-electron chi connectivity index (χ1n) is 3.45. The fourth-order valence-electron chi connectivity index (χ4n) is 0.966. The van der Waals surface area contributed by atoms with Crippen molar-refractivity contribution in [3.63, 3.8) is 0 Å². The van der Waals surface area contributed by atoms with Gasteiger partial charge in [-0.15, -0.1) is 0 Å². The van der Waals surface area contributed by atoms with Crippen molar-refractivity contribution in [3.05, 3.63) is 33.2 Å². The molecule has 0 spiro atoms. The number of thiol groups is 1. The summed E-state index contributed by atoms with van der Waals surface area (Å²) in [6.45, 7) is 3.62. The normalized spacial score (nSPS) is 10.1. The Morgan fingerprint density at radius 2 is 2.18 bits per heavy atom. The number of aromatic amines is 1. The lowest BCUT2D eigenvalue weighted by Gasteiger charge is -2.01. The Labute approximate surface area is 71.1 Å². The summed E-state index contributed by atoms with van der Waals surface area (Å²) >= 11 is 4.09. The van der Waals surface area contributed by atoms with Crippen LogP contribution in [0.4, 0.5) is 0 Å². The van der Waals surface area contributed by atoms with E-state index in [-0.39, 0.29) is 5.43 Å². The van der Waals surface area contributed by atoms with E-state index in [0.29, 0.717) is 5.75 Å². The van der Waals surface area contributed by atoms with Gasteiger partial charge in [0.15, 0.2) is 5.43 Å². The maximum absolute atomic E-state index is 11.3. The van der Waals surface area contributed by atoms with Gasteiger partial charge in [0.2, 0.25) is 0 Å². The average molecular weight is 169 g/mol. The molecule has 1 rings (SSSR count). The molecule has 1 aromatic rings. The maximum atomic E-state index is 11.3. The Kier molecular flexibility index (Phi) is 2.39. The van der Waals surface area contributed by atoms with Crippen LogP contribution in [0.5, 0.6) is 0 Å². The molecule has 0 unspecified atom stereocenters. The van der Waals surface area contributed by atoms with Crippen molar-refractivity contribution in [3.8, 4) is 0 Å². The van der Waals surface area contributed by atoms with Crippen molar-refractivity contribution in [1.29, 1.82) is 0 Å². The van der Waals surface area contributed by atoms with Gasteiger partial charge in [-0.25, -0.2) is 0 Å². The predicted octanol–water partition coefficient (Wildman–Crippen LogP) is 1.42. The molecule has 0 aliphatic carbocycles. The largest absolute Gasteiger partial charge is 0.364 e. The molecule has 0 saturated heterocycles. The van der Waals surface area contributed by atoms with Gasteiger partial charge in [-0.05, 0) is 13.8 Å². The minimum atomic E-state index is 0.118. The van der Waals surface area contributed by atoms with Gasteiger partial charge in [0.25, 0.3) is 0 Å². The predicted molar refractivity (Wildman–Crippen MR) is 49.2 cm³/mol. The summed E-state index contributed by atoms with van der Waals surface area (Å²) in [6.07, 6.45) is 1.72. The zero-order valence-corrected chi connectivity index (χ0v) is 7.53. The highest BCUT2D eigenvalue weighted by Gasteiger charge is 2.01. The van der Waals surface area contributed by atoms with Gasteiger partial charge in [0.05, 0.1) is 0 Å². The molecule has 0 atom stereocenters. The third-order valence-corrected chi connectivity index (χ3v) is 2.09. The van der Waals surface area contributed by atoms with Crippen LogP contribution < -0.4 is 5.43 Å². The van der Waals surface area contributed by atoms with Gasteiger partial charge in [0.1, 0.15) is 0 Å². The number of hydrogen-bond donors (Lipinski definition) is 2. The molecular weight excluding hydrogens is 158 g/mol. The van der Waals surface area contributed by atoms with Gasteiger partial charge < -0.3 is 4.98 Å². The second-order valence-electron chi connectivity index (χ2n) is 2.56. The molecule has 0 saturated carbocycles. The van der Waals surface area contributed by atoms with Gasteiger partial charge >= 0.3 is 0 Å². The molecule has 2 nitrogen and oxygen atoms in total. The van der Waals surface area contributed by atoms with Crippen molar-refractivity contribution in [2.75, 3.05) is 0 Å². The summed E-state index contributed by atoms with van der Waals surface area (Å²) < 4.78 is 0.